The molecule has 1 aliphatic heterocycles. The fourth-order valence-corrected chi connectivity index (χ4v) is 4.51. The van der Waals surface area contributed by atoms with Crippen molar-refractivity contribution in [2.24, 2.45) is 0 Å². The summed E-state index contributed by atoms with van der Waals surface area (Å²) in [5, 5.41) is 3.78. The molecule has 0 spiro atoms. The molecular formula is C20H18Cl2N4O2S. The summed E-state index contributed by atoms with van der Waals surface area (Å²) in [6, 6.07) is 9.77. The Bertz CT molecular complexity index is 1100. The largest absolute Gasteiger partial charge is 0.342 e. The van der Waals surface area contributed by atoms with E-state index in [4.69, 9.17) is 23.2 Å². The standard InChI is InChI=1S/C20H18Cl2N4O2S/c1-11(18-24-16-5-3-13(21)9-17(16)25-18)23-19(27)12-2-4-14(15(22)8-12)20(28)26-6-7-29-10-26/h2-5,8-9,11H,6-7,10H2,1H3,(H,23,27)(H,24,25). The Morgan fingerprint density at radius 2 is 2.07 bits per heavy atom. The van der Waals surface area contributed by atoms with E-state index in [1.54, 1.807) is 40.9 Å². The smallest absolute Gasteiger partial charge is 0.256 e. The molecule has 1 fully saturated rings. The van der Waals surface area contributed by atoms with Gasteiger partial charge in [0.25, 0.3) is 11.8 Å². The number of hydrogen-bond acceptors (Lipinski definition) is 4. The van der Waals surface area contributed by atoms with Gasteiger partial charge in [-0.3, -0.25) is 9.59 Å². The molecule has 1 aromatic heterocycles. The lowest BCUT2D eigenvalue weighted by Gasteiger charge is -2.16. The highest BCUT2D eigenvalue weighted by molar-refractivity contribution is 7.99. The van der Waals surface area contributed by atoms with Gasteiger partial charge in [0, 0.05) is 22.9 Å². The monoisotopic (exact) mass is 448 g/mol. The van der Waals surface area contributed by atoms with Crippen molar-refractivity contribution < 1.29 is 9.59 Å². The fourth-order valence-electron chi connectivity index (χ4n) is 3.13. The lowest BCUT2D eigenvalue weighted by molar-refractivity contribution is 0.0802. The van der Waals surface area contributed by atoms with Gasteiger partial charge in [-0.05, 0) is 43.3 Å². The SMILES string of the molecule is CC(NC(=O)c1ccc(C(=O)N2CCSC2)c(Cl)c1)c1nc2ccc(Cl)cc2[nH]1. The lowest BCUT2D eigenvalue weighted by atomic mass is 10.1. The first-order valence-corrected chi connectivity index (χ1v) is 11.0. The third-order valence-electron chi connectivity index (χ3n) is 4.72. The number of rotatable bonds is 4. The molecule has 1 saturated heterocycles. The minimum absolute atomic E-state index is 0.110. The second-order valence-electron chi connectivity index (χ2n) is 6.78. The van der Waals surface area contributed by atoms with Crippen molar-refractivity contribution in [1.82, 2.24) is 20.2 Å². The number of hydrogen-bond donors (Lipinski definition) is 2. The highest BCUT2D eigenvalue weighted by Gasteiger charge is 2.23. The number of aromatic nitrogens is 2. The van der Waals surface area contributed by atoms with E-state index in [1.807, 2.05) is 13.0 Å². The fraction of sp³-hybridized carbons (Fsp3) is 0.250. The first kappa shape index (κ1) is 20.1. The van der Waals surface area contributed by atoms with Crippen LogP contribution in [-0.4, -0.2) is 44.9 Å². The molecule has 2 heterocycles. The number of aromatic amines is 1. The second-order valence-corrected chi connectivity index (χ2v) is 8.70. The molecule has 0 saturated carbocycles. The van der Waals surface area contributed by atoms with Crippen molar-refractivity contribution in [2.75, 3.05) is 18.2 Å². The number of thioether (sulfide) groups is 1. The zero-order valence-corrected chi connectivity index (χ0v) is 17.9. The Labute approximate surface area is 182 Å². The van der Waals surface area contributed by atoms with Gasteiger partial charge < -0.3 is 15.2 Å². The maximum Gasteiger partial charge on any atom is 0.256 e. The summed E-state index contributed by atoms with van der Waals surface area (Å²) >= 11 is 14.0. The van der Waals surface area contributed by atoms with Crippen molar-refractivity contribution in [3.63, 3.8) is 0 Å². The molecule has 3 aromatic rings. The van der Waals surface area contributed by atoms with E-state index in [2.05, 4.69) is 15.3 Å². The van der Waals surface area contributed by atoms with Gasteiger partial charge in [-0.1, -0.05) is 23.2 Å². The summed E-state index contributed by atoms with van der Waals surface area (Å²) in [5.41, 5.74) is 2.37. The third kappa shape index (κ3) is 4.22. The molecule has 2 aromatic carbocycles. The van der Waals surface area contributed by atoms with E-state index in [0.717, 1.165) is 16.8 Å². The number of carbonyl (C=O) groups excluding carboxylic acids is 2. The predicted molar refractivity (Wildman–Crippen MR) is 117 cm³/mol. The number of imidazole rings is 1. The molecule has 9 heteroatoms. The number of benzene rings is 2. The van der Waals surface area contributed by atoms with Crippen molar-refractivity contribution in [2.45, 2.75) is 13.0 Å². The molecular weight excluding hydrogens is 431 g/mol. The van der Waals surface area contributed by atoms with Gasteiger partial charge in [-0.2, -0.15) is 0 Å². The van der Waals surface area contributed by atoms with Gasteiger partial charge in [0.05, 0.1) is 33.5 Å². The van der Waals surface area contributed by atoms with Gasteiger partial charge >= 0.3 is 0 Å². The normalized spacial score (nSPS) is 14.9. The molecule has 29 heavy (non-hydrogen) atoms. The van der Waals surface area contributed by atoms with Crippen LogP contribution in [0.4, 0.5) is 0 Å². The van der Waals surface area contributed by atoms with Crippen LogP contribution in [0.2, 0.25) is 10.0 Å². The average molecular weight is 449 g/mol. The van der Waals surface area contributed by atoms with Crippen molar-refractivity contribution in [3.05, 3.63) is 63.4 Å². The summed E-state index contributed by atoms with van der Waals surface area (Å²) in [6.07, 6.45) is 0. The molecule has 2 N–H and O–H groups in total. The first-order chi connectivity index (χ1) is 13.9. The maximum absolute atomic E-state index is 12.7. The van der Waals surface area contributed by atoms with E-state index >= 15 is 0 Å². The Kier molecular flexibility index (Phi) is 5.72. The Morgan fingerprint density at radius 3 is 2.79 bits per heavy atom. The molecule has 0 radical (unpaired) electrons. The van der Waals surface area contributed by atoms with Crippen LogP contribution >= 0.6 is 35.0 Å². The van der Waals surface area contributed by atoms with Crippen LogP contribution in [0.25, 0.3) is 11.0 Å². The summed E-state index contributed by atoms with van der Waals surface area (Å²) in [4.78, 5) is 34.6. The molecule has 150 valence electrons. The molecule has 4 rings (SSSR count). The van der Waals surface area contributed by atoms with Crippen LogP contribution in [0.1, 0.15) is 39.5 Å². The summed E-state index contributed by atoms with van der Waals surface area (Å²) in [5.74, 6) is 1.81. The molecule has 6 nitrogen and oxygen atoms in total. The zero-order valence-electron chi connectivity index (χ0n) is 15.5. The van der Waals surface area contributed by atoms with Crippen LogP contribution < -0.4 is 5.32 Å². The molecule has 2 amide bonds. The topological polar surface area (TPSA) is 78.1 Å². The summed E-state index contributed by atoms with van der Waals surface area (Å²) in [6.45, 7) is 2.55. The van der Waals surface area contributed by atoms with E-state index in [1.165, 1.54) is 6.07 Å². The summed E-state index contributed by atoms with van der Waals surface area (Å²) in [7, 11) is 0. The van der Waals surface area contributed by atoms with Gasteiger partial charge in [0.15, 0.2) is 0 Å². The Morgan fingerprint density at radius 1 is 1.24 bits per heavy atom. The number of amides is 2. The quantitative estimate of drug-likeness (QED) is 0.615. The molecule has 1 unspecified atom stereocenters. The van der Waals surface area contributed by atoms with E-state index in [-0.39, 0.29) is 22.9 Å². The van der Waals surface area contributed by atoms with Crippen LogP contribution in [0, 0.1) is 0 Å². The number of nitrogens with zero attached hydrogens (tertiary/aromatic N) is 2. The second kappa shape index (κ2) is 8.26. The minimum Gasteiger partial charge on any atom is -0.342 e. The third-order valence-corrected chi connectivity index (χ3v) is 6.23. The predicted octanol–water partition coefficient (Wildman–Crippen LogP) is 4.51. The number of carbonyl (C=O) groups is 2. The number of nitrogens with one attached hydrogen (secondary N) is 2. The average Bonchev–Trinajstić information content (AvgIpc) is 3.36. The first-order valence-electron chi connectivity index (χ1n) is 9.05. The van der Waals surface area contributed by atoms with Gasteiger partial charge in [-0.15, -0.1) is 11.8 Å². The van der Waals surface area contributed by atoms with Gasteiger partial charge in [-0.25, -0.2) is 4.98 Å². The van der Waals surface area contributed by atoms with Crippen molar-refractivity contribution in [1.29, 1.82) is 0 Å². The number of fused-ring (bicyclic) bond motifs is 1. The minimum atomic E-state index is -0.351. The van der Waals surface area contributed by atoms with Gasteiger partial charge in [0.1, 0.15) is 5.82 Å². The summed E-state index contributed by atoms with van der Waals surface area (Å²) < 4.78 is 0. The lowest BCUT2D eigenvalue weighted by Crippen LogP contribution is -2.29. The van der Waals surface area contributed by atoms with E-state index < -0.39 is 0 Å². The van der Waals surface area contributed by atoms with Crippen LogP contribution in [0.15, 0.2) is 36.4 Å². The highest BCUT2D eigenvalue weighted by atomic mass is 35.5. The van der Waals surface area contributed by atoms with Crippen LogP contribution in [0.3, 0.4) is 0 Å². The van der Waals surface area contributed by atoms with Crippen molar-refractivity contribution in [3.8, 4) is 0 Å². The molecule has 1 aliphatic rings. The van der Waals surface area contributed by atoms with E-state index in [0.29, 0.717) is 34.4 Å². The van der Waals surface area contributed by atoms with Crippen molar-refractivity contribution >= 4 is 57.8 Å². The van der Waals surface area contributed by atoms with Gasteiger partial charge in [0.2, 0.25) is 0 Å². The Balaban J connectivity index is 1.48. The molecule has 0 bridgehead atoms. The van der Waals surface area contributed by atoms with Crippen LogP contribution in [-0.2, 0) is 0 Å². The van der Waals surface area contributed by atoms with Crippen LogP contribution in [0.5, 0.6) is 0 Å². The zero-order chi connectivity index (χ0) is 20.5. The molecule has 1 atom stereocenters. The Hall–Kier alpha value is -2.22. The maximum atomic E-state index is 12.7. The number of H-pyrrole nitrogens is 1. The highest BCUT2D eigenvalue weighted by Crippen LogP contribution is 2.24. The van der Waals surface area contributed by atoms with E-state index in [9.17, 15) is 9.59 Å². The molecule has 0 aliphatic carbocycles. The number of halogens is 2.